The van der Waals surface area contributed by atoms with Crippen molar-refractivity contribution in [2.75, 3.05) is 6.61 Å². The maximum absolute atomic E-state index is 10.7. The molecule has 4 heteroatoms. The van der Waals surface area contributed by atoms with Crippen LogP contribution in [0.15, 0.2) is 12.4 Å². The summed E-state index contributed by atoms with van der Waals surface area (Å²) in [6.07, 6.45) is 9.66. The maximum atomic E-state index is 10.7. The van der Waals surface area contributed by atoms with Gasteiger partial charge in [0.2, 0.25) is 0 Å². The molecular formula is C15H26N2O2. The van der Waals surface area contributed by atoms with Crippen LogP contribution in [-0.4, -0.2) is 27.1 Å². The number of hydrogen-bond acceptors (Lipinski definition) is 3. The van der Waals surface area contributed by atoms with E-state index < -0.39 is 11.7 Å². The van der Waals surface area contributed by atoms with Gasteiger partial charge in [0.05, 0.1) is 11.8 Å². The molecule has 2 rings (SSSR count). The van der Waals surface area contributed by atoms with E-state index in [-0.39, 0.29) is 0 Å². The molecule has 0 amide bonds. The molecule has 1 aromatic heterocycles. The van der Waals surface area contributed by atoms with E-state index in [1.165, 1.54) is 6.42 Å². The van der Waals surface area contributed by atoms with E-state index in [4.69, 9.17) is 4.74 Å². The molecule has 4 nitrogen and oxygen atoms in total. The summed E-state index contributed by atoms with van der Waals surface area (Å²) in [6.45, 7) is 5.68. The molecule has 0 spiro atoms. The zero-order valence-electron chi connectivity index (χ0n) is 12.1. The first-order chi connectivity index (χ1) is 9.22. The topological polar surface area (TPSA) is 47.3 Å². The van der Waals surface area contributed by atoms with Crippen LogP contribution in [0.5, 0.6) is 0 Å². The molecule has 19 heavy (non-hydrogen) atoms. The summed E-state index contributed by atoms with van der Waals surface area (Å²) in [4.78, 5) is 0. The lowest BCUT2D eigenvalue weighted by atomic mass is 9.78. The Hall–Kier alpha value is -0.870. The third-order valence-corrected chi connectivity index (χ3v) is 4.05. The van der Waals surface area contributed by atoms with E-state index in [9.17, 15) is 5.11 Å². The van der Waals surface area contributed by atoms with Crippen LogP contribution in [0.1, 0.15) is 64.0 Å². The Morgan fingerprint density at radius 3 is 2.74 bits per heavy atom. The van der Waals surface area contributed by atoms with Gasteiger partial charge in [0.25, 0.3) is 0 Å². The Kier molecular flexibility index (Phi) is 4.99. The lowest BCUT2D eigenvalue weighted by Gasteiger charge is -2.40. The highest BCUT2D eigenvalue weighted by atomic mass is 16.5. The molecule has 1 fully saturated rings. The first kappa shape index (κ1) is 14.5. The van der Waals surface area contributed by atoms with Gasteiger partial charge in [-0.25, -0.2) is 0 Å². The normalized spacial score (nSPS) is 20.4. The van der Waals surface area contributed by atoms with Gasteiger partial charge in [-0.15, -0.1) is 0 Å². The van der Waals surface area contributed by atoms with Gasteiger partial charge in [-0.1, -0.05) is 26.2 Å². The van der Waals surface area contributed by atoms with E-state index in [0.29, 0.717) is 6.61 Å². The molecule has 0 radical (unpaired) electrons. The van der Waals surface area contributed by atoms with Gasteiger partial charge in [-0.2, -0.15) is 5.10 Å². The number of aryl methyl sites for hydroxylation is 1. The summed E-state index contributed by atoms with van der Waals surface area (Å²) in [5, 5.41) is 15.0. The van der Waals surface area contributed by atoms with Crippen molar-refractivity contribution in [3.63, 3.8) is 0 Å². The molecule has 1 aromatic rings. The summed E-state index contributed by atoms with van der Waals surface area (Å²) in [6, 6.07) is 0. The zero-order chi connectivity index (χ0) is 13.7. The third-order valence-electron chi connectivity index (χ3n) is 4.05. The highest BCUT2D eigenvalue weighted by molar-refractivity contribution is 5.14. The molecule has 1 aliphatic rings. The average molecular weight is 266 g/mol. The predicted molar refractivity (Wildman–Crippen MR) is 74.9 cm³/mol. The summed E-state index contributed by atoms with van der Waals surface area (Å²) in [7, 11) is 0. The molecule has 1 heterocycles. The van der Waals surface area contributed by atoms with Crippen LogP contribution in [0.3, 0.4) is 0 Å². The lowest BCUT2D eigenvalue weighted by molar-refractivity contribution is -0.141. The summed E-state index contributed by atoms with van der Waals surface area (Å²) in [5.74, 6) is 0. The molecule has 1 atom stereocenters. The van der Waals surface area contributed by atoms with Crippen LogP contribution in [0.25, 0.3) is 0 Å². The number of aromatic nitrogens is 2. The zero-order valence-corrected chi connectivity index (χ0v) is 12.1. The maximum Gasteiger partial charge on any atom is 0.111 e. The van der Waals surface area contributed by atoms with Crippen molar-refractivity contribution in [3.8, 4) is 0 Å². The van der Waals surface area contributed by atoms with E-state index in [1.54, 1.807) is 6.20 Å². The number of hydrogen-bond donors (Lipinski definition) is 1. The van der Waals surface area contributed by atoms with E-state index >= 15 is 0 Å². The van der Waals surface area contributed by atoms with Gasteiger partial charge in [0.15, 0.2) is 0 Å². The second-order valence-electron chi connectivity index (χ2n) is 5.50. The van der Waals surface area contributed by atoms with Gasteiger partial charge >= 0.3 is 0 Å². The fraction of sp³-hybridized carbons (Fsp3) is 0.800. The largest absolute Gasteiger partial charge is 0.385 e. The van der Waals surface area contributed by atoms with Gasteiger partial charge < -0.3 is 9.84 Å². The number of nitrogens with zero attached hydrogens (tertiary/aromatic N) is 2. The van der Waals surface area contributed by atoms with Crippen molar-refractivity contribution in [1.29, 1.82) is 0 Å². The summed E-state index contributed by atoms with van der Waals surface area (Å²) >= 11 is 0. The fourth-order valence-corrected chi connectivity index (χ4v) is 3.11. The van der Waals surface area contributed by atoms with Crippen LogP contribution in [0, 0.1) is 0 Å². The molecule has 0 bridgehead atoms. The quantitative estimate of drug-likeness (QED) is 0.860. The Morgan fingerprint density at radius 2 is 2.11 bits per heavy atom. The molecule has 1 N–H and O–H groups in total. The molecular weight excluding hydrogens is 240 g/mol. The first-order valence-corrected chi connectivity index (χ1v) is 7.56. The fourth-order valence-electron chi connectivity index (χ4n) is 3.11. The van der Waals surface area contributed by atoms with Crippen molar-refractivity contribution < 1.29 is 9.84 Å². The van der Waals surface area contributed by atoms with Crippen molar-refractivity contribution >= 4 is 0 Å². The standard InChI is InChI=1S/C15H26N2O2/c1-3-10-17-12-13(11-16-17)14(18)15(19-4-2)8-6-5-7-9-15/h11-12,14,18H,3-10H2,1-2H3. The second-order valence-corrected chi connectivity index (χ2v) is 5.50. The Morgan fingerprint density at radius 1 is 1.37 bits per heavy atom. The molecule has 1 unspecified atom stereocenters. The van der Waals surface area contributed by atoms with Crippen molar-refractivity contribution in [2.45, 2.75) is 70.6 Å². The van der Waals surface area contributed by atoms with Crippen molar-refractivity contribution in [1.82, 2.24) is 9.78 Å². The van der Waals surface area contributed by atoms with Crippen molar-refractivity contribution in [2.24, 2.45) is 0 Å². The summed E-state index contributed by atoms with van der Waals surface area (Å²) in [5.41, 5.74) is 0.497. The Bertz CT molecular complexity index is 378. The smallest absolute Gasteiger partial charge is 0.111 e. The highest BCUT2D eigenvalue weighted by Gasteiger charge is 2.41. The lowest BCUT2D eigenvalue weighted by Crippen LogP contribution is -2.41. The second kappa shape index (κ2) is 6.53. The number of aliphatic hydroxyl groups is 1. The number of aliphatic hydroxyl groups excluding tert-OH is 1. The average Bonchev–Trinajstić information content (AvgIpc) is 2.88. The molecule has 0 aromatic carbocycles. The highest BCUT2D eigenvalue weighted by Crippen LogP contribution is 2.41. The number of ether oxygens (including phenoxy) is 1. The minimum absolute atomic E-state index is 0.396. The molecule has 1 aliphatic carbocycles. The minimum atomic E-state index is -0.557. The molecule has 0 saturated heterocycles. The SMILES string of the molecule is CCCn1cc(C(O)C2(OCC)CCCCC2)cn1. The molecule has 0 aliphatic heterocycles. The van der Waals surface area contributed by atoms with E-state index in [0.717, 1.165) is 44.2 Å². The molecule has 108 valence electrons. The molecule has 1 saturated carbocycles. The van der Waals surface area contributed by atoms with Crippen LogP contribution in [0.2, 0.25) is 0 Å². The summed E-state index contributed by atoms with van der Waals surface area (Å²) < 4.78 is 7.87. The first-order valence-electron chi connectivity index (χ1n) is 7.56. The van der Waals surface area contributed by atoms with Gasteiger partial charge in [0, 0.05) is 24.9 Å². The Labute approximate surface area is 115 Å². The number of rotatable bonds is 6. The van der Waals surface area contributed by atoms with Crippen LogP contribution >= 0.6 is 0 Å². The predicted octanol–water partition coefficient (Wildman–Crippen LogP) is 3.07. The third kappa shape index (κ3) is 3.18. The van der Waals surface area contributed by atoms with Gasteiger partial charge in [0.1, 0.15) is 6.10 Å². The van der Waals surface area contributed by atoms with E-state index in [2.05, 4.69) is 12.0 Å². The van der Waals surface area contributed by atoms with Crippen LogP contribution in [-0.2, 0) is 11.3 Å². The minimum Gasteiger partial charge on any atom is -0.385 e. The van der Waals surface area contributed by atoms with Crippen molar-refractivity contribution in [3.05, 3.63) is 18.0 Å². The monoisotopic (exact) mass is 266 g/mol. The Balaban J connectivity index is 2.15. The van der Waals surface area contributed by atoms with Gasteiger partial charge in [-0.3, -0.25) is 4.68 Å². The van der Waals surface area contributed by atoms with Gasteiger partial charge in [-0.05, 0) is 26.2 Å². The van der Waals surface area contributed by atoms with E-state index in [1.807, 2.05) is 17.8 Å². The van der Waals surface area contributed by atoms with Crippen LogP contribution in [0.4, 0.5) is 0 Å². The van der Waals surface area contributed by atoms with Crippen LogP contribution < -0.4 is 0 Å².